The number of morpholine rings is 1. The topological polar surface area (TPSA) is 68.5 Å². The summed E-state index contributed by atoms with van der Waals surface area (Å²) in [5, 5.41) is 0. The molecule has 0 unspecified atom stereocenters. The first-order valence-corrected chi connectivity index (χ1v) is 9.54. The maximum atomic E-state index is 12.2. The molecule has 2 aliphatic rings. The smallest absolute Gasteiger partial charge is 0.229 e. The lowest BCUT2D eigenvalue weighted by molar-refractivity contribution is -0.118. The largest absolute Gasteiger partial charge is 0.378 e. The minimum Gasteiger partial charge on any atom is -0.378 e. The van der Waals surface area contributed by atoms with Gasteiger partial charge in [-0.3, -0.25) is 4.79 Å². The molecule has 5 nitrogen and oxygen atoms in total. The molecule has 2 N–H and O–H groups in total. The molecule has 2 aromatic carbocycles. The maximum absolute atomic E-state index is 12.2. The van der Waals surface area contributed by atoms with Crippen LogP contribution in [0.4, 0.5) is 5.82 Å². The molecule has 140 valence electrons. The molecule has 2 heterocycles. The Labute approximate surface area is 163 Å². The zero-order chi connectivity index (χ0) is 19.1. The van der Waals surface area contributed by atoms with E-state index in [-0.39, 0.29) is 5.91 Å². The van der Waals surface area contributed by atoms with E-state index in [9.17, 15) is 4.79 Å². The lowest BCUT2D eigenvalue weighted by atomic mass is 9.93. The minimum absolute atomic E-state index is 0.316. The molecule has 1 aliphatic heterocycles. The standard InChI is InChI=1S/C23H21N3O2/c24-23(27)22-18-5-2-1-4-17(18)21-16(6-3-7-19(21)22)15-8-9-20(25-14-15)26-10-12-28-13-11-26/h1-9,14,22H,10-13H2,(H2,24,27)/t22-/m1/s1. The van der Waals surface area contributed by atoms with Gasteiger partial charge >= 0.3 is 0 Å². The van der Waals surface area contributed by atoms with Crippen LogP contribution in [0.15, 0.2) is 60.8 Å². The Hall–Kier alpha value is -3.18. The quantitative estimate of drug-likeness (QED) is 0.768. The average molecular weight is 371 g/mol. The van der Waals surface area contributed by atoms with Gasteiger partial charge in [-0.2, -0.15) is 0 Å². The molecule has 5 rings (SSSR count). The zero-order valence-corrected chi connectivity index (χ0v) is 15.5. The number of ether oxygens (including phenoxy) is 1. The van der Waals surface area contributed by atoms with Crippen LogP contribution in [-0.4, -0.2) is 37.2 Å². The SMILES string of the molecule is NC(=O)[C@@H]1c2ccccc2-c2c(-c3ccc(N4CCOCC4)nc3)cccc21. The Morgan fingerprint density at radius 3 is 2.46 bits per heavy atom. The van der Waals surface area contributed by atoms with E-state index in [0.717, 1.165) is 65.5 Å². The van der Waals surface area contributed by atoms with E-state index in [1.165, 1.54) is 0 Å². The number of pyridine rings is 1. The van der Waals surface area contributed by atoms with Crippen molar-refractivity contribution in [1.82, 2.24) is 4.98 Å². The van der Waals surface area contributed by atoms with Crippen molar-refractivity contribution >= 4 is 11.7 Å². The van der Waals surface area contributed by atoms with E-state index in [1.54, 1.807) is 0 Å². The monoisotopic (exact) mass is 371 g/mol. The van der Waals surface area contributed by atoms with Crippen LogP contribution in [-0.2, 0) is 9.53 Å². The summed E-state index contributed by atoms with van der Waals surface area (Å²) in [4.78, 5) is 19.1. The van der Waals surface area contributed by atoms with Gasteiger partial charge in [0.2, 0.25) is 5.91 Å². The number of nitrogens with two attached hydrogens (primary N) is 1. The van der Waals surface area contributed by atoms with E-state index in [1.807, 2.05) is 36.5 Å². The summed E-state index contributed by atoms with van der Waals surface area (Å²) in [7, 11) is 0. The second kappa shape index (κ2) is 6.77. The van der Waals surface area contributed by atoms with Gasteiger partial charge in [-0.1, -0.05) is 42.5 Å². The van der Waals surface area contributed by atoms with Gasteiger partial charge in [0, 0.05) is 24.8 Å². The van der Waals surface area contributed by atoms with Gasteiger partial charge in [0.25, 0.3) is 0 Å². The fourth-order valence-electron chi connectivity index (χ4n) is 4.33. The molecule has 1 aliphatic carbocycles. The number of fused-ring (bicyclic) bond motifs is 3. The van der Waals surface area contributed by atoms with Gasteiger partial charge in [-0.05, 0) is 39.9 Å². The number of amides is 1. The van der Waals surface area contributed by atoms with Gasteiger partial charge in [-0.25, -0.2) is 4.98 Å². The molecule has 0 bridgehead atoms. The van der Waals surface area contributed by atoms with Crippen molar-refractivity contribution in [2.24, 2.45) is 5.73 Å². The summed E-state index contributed by atoms with van der Waals surface area (Å²) in [6, 6.07) is 18.3. The summed E-state index contributed by atoms with van der Waals surface area (Å²) in [5.74, 6) is 0.255. The van der Waals surface area contributed by atoms with Gasteiger partial charge in [0.1, 0.15) is 5.82 Å². The molecule has 5 heteroatoms. The zero-order valence-electron chi connectivity index (χ0n) is 15.5. The molecule has 3 aromatic rings. The third-order valence-electron chi connectivity index (χ3n) is 5.63. The normalized spacial score (nSPS) is 17.9. The highest BCUT2D eigenvalue weighted by molar-refractivity contribution is 6.00. The van der Waals surface area contributed by atoms with Gasteiger partial charge in [0.05, 0.1) is 19.1 Å². The van der Waals surface area contributed by atoms with E-state index in [4.69, 9.17) is 15.5 Å². The summed E-state index contributed by atoms with van der Waals surface area (Å²) < 4.78 is 5.42. The van der Waals surface area contributed by atoms with Crippen molar-refractivity contribution in [3.8, 4) is 22.3 Å². The number of rotatable bonds is 3. The van der Waals surface area contributed by atoms with Gasteiger partial charge in [-0.15, -0.1) is 0 Å². The number of aromatic nitrogens is 1. The first kappa shape index (κ1) is 17.0. The van der Waals surface area contributed by atoms with E-state index in [2.05, 4.69) is 29.2 Å². The molecule has 0 spiro atoms. The third kappa shape index (κ3) is 2.67. The molecule has 1 aromatic heterocycles. The van der Waals surface area contributed by atoms with E-state index >= 15 is 0 Å². The van der Waals surface area contributed by atoms with Crippen molar-refractivity contribution < 1.29 is 9.53 Å². The molecular weight excluding hydrogens is 350 g/mol. The van der Waals surface area contributed by atoms with Gasteiger partial charge < -0.3 is 15.4 Å². The van der Waals surface area contributed by atoms with Crippen LogP contribution in [0.5, 0.6) is 0 Å². The average Bonchev–Trinajstić information content (AvgIpc) is 3.09. The number of anilines is 1. The Bertz CT molecular complexity index is 1040. The number of primary amides is 1. The second-order valence-corrected chi connectivity index (χ2v) is 7.20. The first-order valence-electron chi connectivity index (χ1n) is 9.54. The molecule has 0 radical (unpaired) electrons. The van der Waals surface area contributed by atoms with Crippen LogP contribution in [0.2, 0.25) is 0 Å². The Morgan fingerprint density at radius 2 is 1.71 bits per heavy atom. The van der Waals surface area contributed by atoms with Crippen molar-refractivity contribution in [1.29, 1.82) is 0 Å². The molecule has 1 fully saturated rings. The Balaban J connectivity index is 1.59. The summed E-state index contributed by atoms with van der Waals surface area (Å²) >= 11 is 0. The molecular formula is C23H21N3O2. The number of hydrogen-bond donors (Lipinski definition) is 1. The number of hydrogen-bond acceptors (Lipinski definition) is 4. The summed E-state index contributed by atoms with van der Waals surface area (Å²) in [6.45, 7) is 3.20. The highest BCUT2D eigenvalue weighted by atomic mass is 16.5. The maximum Gasteiger partial charge on any atom is 0.229 e. The van der Waals surface area contributed by atoms with Crippen LogP contribution in [0.1, 0.15) is 17.0 Å². The van der Waals surface area contributed by atoms with Crippen LogP contribution in [0, 0.1) is 0 Å². The predicted octanol–water partition coefficient (Wildman–Crippen LogP) is 3.18. The van der Waals surface area contributed by atoms with Crippen molar-refractivity contribution in [3.63, 3.8) is 0 Å². The Morgan fingerprint density at radius 1 is 0.964 bits per heavy atom. The van der Waals surface area contributed by atoms with E-state index < -0.39 is 5.92 Å². The molecule has 1 atom stereocenters. The molecule has 1 saturated heterocycles. The van der Waals surface area contributed by atoms with E-state index in [0.29, 0.717) is 0 Å². The third-order valence-corrected chi connectivity index (χ3v) is 5.63. The lowest BCUT2D eigenvalue weighted by Gasteiger charge is -2.27. The molecule has 28 heavy (non-hydrogen) atoms. The predicted molar refractivity (Wildman–Crippen MR) is 109 cm³/mol. The van der Waals surface area contributed by atoms with Crippen LogP contribution >= 0.6 is 0 Å². The molecule has 0 saturated carbocycles. The summed E-state index contributed by atoms with van der Waals surface area (Å²) in [6.07, 6.45) is 1.92. The highest BCUT2D eigenvalue weighted by Crippen LogP contribution is 2.48. The lowest BCUT2D eigenvalue weighted by Crippen LogP contribution is -2.36. The molecule has 1 amide bonds. The second-order valence-electron chi connectivity index (χ2n) is 7.20. The fraction of sp³-hybridized carbons (Fsp3) is 0.217. The van der Waals surface area contributed by atoms with Crippen molar-refractivity contribution in [2.75, 3.05) is 31.2 Å². The Kier molecular flexibility index (Phi) is 4.10. The van der Waals surface area contributed by atoms with Crippen LogP contribution in [0.25, 0.3) is 22.3 Å². The number of nitrogens with zero attached hydrogens (tertiary/aromatic N) is 2. The van der Waals surface area contributed by atoms with Gasteiger partial charge in [0.15, 0.2) is 0 Å². The van der Waals surface area contributed by atoms with Crippen molar-refractivity contribution in [3.05, 3.63) is 71.9 Å². The van der Waals surface area contributed by atoms with Crippen LogP contribution in [0.3, 0.4) is 0 Å². The van der Waals surface area contributed by atoms with Crippen LogP contribution < -0.4 is 10.6 Å². The number of carbonyl (C=O) groups excluding carboxylic acids is 1. The fourth-order valence-corrected chi connectivity index (χ4v) is 4.33. The first-order chi connectivity index (χ1) is 13.7. The highest BCUT2D eigenvalue weighted by Gasteiger charge is 2.33. The number of benzene rings is 2. The number of carbonyl (C=O) groups is 1. The minimum atomic E-state index is -0.397. The summed E-state index contributed by atoms with van der Waals surface area (Å²) in [5.41, 5.74) is 12.0. The van der Waals surface area contributed by atoms with Crippen molar-refractivity contribution in [2.45, 2.75) is 5.92 Å².